The van der Waals surface area contributed by atoms with E-state index in [1.165, 1.54) is 0 Å². The molecule has 4 nitrogen and oxygen atoms in total. The lowest BCUT2D eigenvalue weighted by Gasteiger charge is -2.24. The summed E-state index contributed by atoms with van der Waals surface area (Å²) in [6.45, 7) is 0.443. The van der Waals surface area contributed by atoms with Crippen LogP contribution in [0, 0.1) is 5.92 Å². The van der Waals surface area contributed by atoms with E-state index >= 15 is 0 Å². The Labute approximate surface area is 126 Å². The van der Waals surface area contributed by atoms with Crippen LogP contribution in [0.25, 0.3) is 0 Å². The molecule has 1 heterocycles. The van der Waals surface area contributed by atoms with E-state index in [2.05, 4.69) is 5.32 Å². The van der Waals surface area contributed by atoms with Gasteiger partial charge in [0.2, 0.25) is 0 Å². The summed E-state index contributed by atoms with van der Waals surface area (Å²) in [4.78, 5) is 0. The van der Waals surface area contributed by atoms with Gasteiger partial charge in [-0.3, -0.25) is 0 Å². The predicted octanol–water partition coefficient (Wildman–Crippen LogP) is 2.42. The van der Waals surface area contributed by atoms with Crippen molar-refractivity contribution in [2.75, 3.05) is 19.8 Å². The van der Waals surface area contributed by atoms with Crippen molar-refractivity contribution in [3.05, 3.63) is 23.8 Å². The van der Waals surface area contributed by atoms with E-state index in [1.807, 2.05) is 12.1 Å². The molecule has 1 saturated carbocycles. The van der Waals surface area contributed by atoms with E-state index in [-0.39, 0.29) is 6.04 Å². The van der Waals surface area contributed by atoms with E-state index in [9.17, 15) is 13.2 Å². The third kappa shape index (κ3) is 3.47. The van der Waals surface area contributed by atoms with Gasteiger partial charge in [0, 0.05) is 12.6 Å². The Balaban J connectivity index is 1.71. The summed E-state index contributed by atoms with van der Waals surface area (Å²) in [5, 5.41) is 12.0. The standard InChI is InChI=1S/C15H18F3NO3/c16-15(17,18)13(20)8-19-14(9-1-2-9)10-3-4-11-12(7-10)22-6-5-21-11/h3-4,7,9,13-14,19-20H,1-2,5-6,8H2/t13-,14-/m1/s1. The van der Waals surface area contributed by atoms with Gasteiger partial charge in [-0.2, -0.15) is 13.2 Å². The Bertz CT molecular complexity index is 531. The molecule has 2 atom stereocenters. The first kappa shape index (κ1) is 15.4. The molecule has 0 saturated heterocycles. The Kier molecular flexibility index (Phi) is 4.18. The van der Waals surface area contributed by atoms with Gasteiger partial charge in [-0.05, 0) is 36.5 Å². The highest BCUT2D eigenvalue weighted by molar-refractivity contribution is 5.45. The van der Waals surface area contributed by atoms with Crippen LogP contribution in [0.2, 0.25) is 0 Å². The number of nitrogens with one attached hydrogen (secondary N) is 1. The number of benzene rings is 1. The minimum atomic E-state index is -4.60. The molecule has 0 unspecified atom stereocenters. The molecule has 2 aliphatic rings. The summed E-state index contributed by atoms with van der Waals surface area (Å²) in [5.74, 6) is 1.57. The summed E-state index contributed by atoms with van der Waals surface area (Å²) in [6.07, 6.45) is -5.03. The Morgan fingerprint density at radius 1 is 1.18 bits per heavy atom. The minimum absolute atomic E-state index is 0.215. The van der Waals surface area contributed by atoms with Gasteiger partial charge in [0.25, 0.3) is 0 Å². The molecule has 2 N–H and O–H groups in total. The Morgan fingerprint density at radius 2 is 1.86 bits per heavy atom. The molecule has 1 aromatic carbocycles. The molecule has 1 fully saturated rings. The Morgan fingerprint density at radius 3 is 2.50 bits per heavy atom. The van der Waals surface area contributed by atoms with Crippen LogP contribution in [0.5, 0.6) is 11.5 Å². The zero-order chi connectivity index (χ0) is 15.7. The van der Waals surface area contributed by atoms with Gasteiger partial charge in [-0.1, -0.05) is 6.07 Å². The molecule has 0 amide bonds. The van der Waals surface area contributed by atoms with Crippen molar-refractivity contribution in [1.82, 2.24) is 5.32 Å². The zero-order valence-electron chi connectivity index (χ0n) is 11.9. The monoisotopic (exact) mass is 317 g/mol. The molecule has 0 bridgehead atoms. The summed E-state index contributed by atoms with van der Waals surface area (Å²) >= 11 is 0. The van der Waals surface area contributed by atoms with Gasteiger partial charge in [0.1, 0.15) is 13.2 Å². The van der Waals surface area contributed by atoms with Gasteiger partial charge in [-0.15, -0.1) is 0 Å². The summed E-state index contributed by atoms with van der Waals surface area (Å²) in [6, 6.07) is 5.21. The first-order chi connectivity index (χ1) is 10.4. The van der Waals surface area contributed by atoms with Crippen molar-refractivity contribution in [1.29, 1.82) is 0 Å². The maximum absolute atomic E-state index is 12.4. The average molecular weight is 317 g/mol. The van der Waals surface area contributed by atoms with Gasteiger partial charge in [0.15, 0.2) is 17.6 Å². The molecular weight excluding hydrogens is 299 g/mol. The van der Waals surface area contributed by atoms with Crippen LogP contribution in [0.1, 0.15) is 24.4 Å². The smallest absolute Gasteiger partial charge is 0.415 e. The van der Waals surface area contributed by atoms with E-state index in [0.29, 0.717) is 30.6 Å². The molecule has 22 heavy (non-hydrogen) atoms. The van der Waals surface area contributed by atoms with Gasteiger partial charge in [-0.25, -0.2) is 0 Å². The van der Waals surface area contributed by atoms with Crippen LogP contribution in [-0.2, 0) is 0 Å². The molecule has 7 heteroatoms. The molecule has 0 spiro atoms. The molecule has 0 radical (unpaired) electrons. The topological polar surface area (TPSA) is 50.7 Å². The van der Waals surface area contributed by atoms with E-state index in [1.54, 1.807) is 6.07 Å². The second-order valence-electron chi connectivity index (χ2n) is 5.68. The van der Waals surface area contributed by atoms with Crippen LogP contribution in [-0.4, -0.2) is 37.1 Å². The lowest BCUT2D eigenvalue weighted by molar-refractivity contribution is -0.202. The SMILES string of the molecule is O[C@H](CN[C@@H](c1ccc2c(c1)OCCO2)C1CC1)C(F)(F)F. The molecule has 1 aliphatic carbocycles. The third-order valence-electron chi connectivity index (χ3n) is 3.93. The van der Waals surface area contributed by atoms with Crippen molar-refractivity contribution in [3.63, 3.8) is 0 Å². The second kappa shape index (κ2) is 5.96. The molecule has 3 rings (SSSR count). The average Bonchev–Trinajstić information content (AvgIpc) is 3.31. The van der Waals surface area contributed by atoms with Gasteiger partial charge >= 0.3 is 6.18 Å². The number of hydrogen-bond acceptors (Lipinski definition) is 4. The number of aliphatic hydroxyl groups excluding tert-OH is 1. The zero-order valence-corrected chi connectivity index (χ0v) is 11.9. The largest absolute Gasteiger partial charge is 0.486 e. The third-order valence-corrected chi connectivity index (χ3v) is 3.93. The minimum Gasteiger partial charge on any atom is -0.486 e. The summed E-state index contributed by atoms with van der Waals surface area (Å²) in [5.41, 5.74) is 0.862. The van der Waals surface area contributed by atoms with Crippen LogP contribution < -0.4 is 14.8 Å². The quantitative estimate of drug-likeness (QED) is 0.876. The molecule has 1 aliphatic heterocycles. The van der Waals surface area contributed by atoms with Crippen molar-refractivity contribution >= 4 is 0 Å². The molecular formula is C15H18F3NO3. The summed E-state index contributed by atoms with van der Waals surface area (Å²) in [7, 11) is 0. The highest BCUT2D eigenvalue weighted by atomic mass is 19.4. The first-order valence-electron chi connectivity index (χ1n) is 7.33. The van der Waals surface area contributed by atoms with Gasteiger partial charge in [0.05, 0.1) is 0 Å². The number of hydrogen-bond donors (Lipinski definition) is 2. The fourth-order valence-electron chi connectivity index (χ4n) is 2.59. The normalized spacial score (nSPS) is 20.5. The fraction of sp³-hybridized carbons (Fsp3) is 0.600. The van der Waals surface area contributed by atoms with Crippen LogP contribution >= 0.6 is 0 Å². The number of fused-ring (bicyclic) bond motifs is 1. The molecule has 0 aromatic heterocycles. The van der Waals surface area contributed by atoms with Crippen molar-refractivity contribution in [2.24, 2.45) is 5.92 Å². The predicted molar refractivity (Wildman–Crippen MR) is 73.0 cm³/mol. The maximum Gasteiger partial charge on any atom is 0.415 e. The second-order valence-corrected chi connectivity index (χ2v) is 5.68. The number of alkyl halides is 3. The van der Waals surface area contributed by atoms with Crippen LogP contribution in [0.3, 0.4) is 0 Å². The van der Waals surface area contributed by atoms with E-state index in [0.717, 1.165) is 18.4 Å². The van der Waals surface area contributed by atoms with Crippen molar-refractivity contribution in [3.8, 4) is 11.5 Å². The number of aliphatic hydroxyl groups is 1. The highest BCUT2D eigenvalue weighted by Crippen LogP contribution is 2.43. The Hall–Kier alpha value is -1.47. The number of halogens is 3. The van der Waals surface area contributed by atoms with Crippen LogP contribution in [0.4, 0.5) is 13.2 Å². The molecule has 122 valence electrons. The lowest BCUT2D eigenvalue weighted by atomic mass is 10.0. The first-order valence-corrected chi connectivity index (χ1v) is 7.33. The summed E-state index contributed by atoms with van der Waals surface area (Å²) < 4.78 is 48.2. The lowest BCUT2D eigenvalue weighted by Crippen LogP contribution is -2.40. The highest BCUT2D eigenvalue weighted by Gasteiger charge is 2.40. The van der Waals surface area contributed by atoms with E-state index in [4.69, 9.17) is 14.6 Å². The van der Waals surface area contributed by atoms with Crippen molar-refractivity contribution < 1.29 is 27.8 Å². The van der Waals surface area contributed by atoms with Crippen LogP contribution in [0.15, 0.2) is 18.2 Å². The maximum atomic E-state index is 12.4. The molecule has 1 aromatic rings. The van der Waals surface area contributed by atoms with E-state index < -0.39 is 18.8 Å². The number of rotatable bonds is 5. The van der Waals surface area contributed by atoms with Gasteiger partial charge < -0.3 is 19.9 Å². The number of ether oxygens (including phenoxy) is 2. The fourth-order valence-corrected chi connectivity index (χ4v) is 2.59. The van der Waals surface area contributed by atoms with Crippen molar-refractivity contribution in [2.45, 2.75) is 31.2 Å².